The molecule has 1 aliphatic heterocycles. The minimum atomic E-state index is -0.243. The Morgan fingerprint density at radius 3 is 2.60 bits per heavy atom. The van der Waals surface area contributed by atoms with Gasteiger partial charge in [-0.05, 0) is 38.1 Å². The molecule has 0 radical (unpaired) electrons. The zero-order valence-corrected chi connectivity index (χ0v) is 14.6. The lowest BCUT2D eigenvalue weighted by molar-refractivity contribution is -0.00517. The van der Waals surface area contributed by atoms with E-state index < -0.39 is 0 Å². The molecule has 2 aromatic rings. The Balaban J connectivity index is 1.65. The number of para-hydroxylation sites is 2. The van der Waals surface area contributed by atoms with Crippen molar-refractivity contribution in [3.8, 4) is 0 Å². The van der Waals surface area contributed by atoms with Gasteiger partial charge in [-0.3, -0.25) is 4.98 Å². The lowest BCUT2D eigenvalue weighted by atomic mass is 10.1. The summed E-state index contributed by atoms with van der Waals surface area (Å²) in [4.78, 5) is 18.7. The van der Waals surface area contributed by atoms with Crippen molar-refractivity contribution in [1.82, 2.24) is 10.3 Å². The van der Waals surface area contributed by atoms with E-state index in [0.29, 0.717) is 6.54 Å². The standard InChI is InChI=1S/C19H24N4O2/c1-14-12-23(13-15(2)25-14)18-9-4-3-8-17(18)22-19(24)21-11-16-7-5-6-10-20-16/h3-10,14-15H,11-13H2,1-2H3,(H2,21,22,24). The van der Waals surface area contributed by atoms with Crippen LogP contribution in [0.1, 0.15) is 19.5 Å². The first kappa shape index (κ1) is 17.2. The summed E-state index contributed by atoms with van der Waals surface area (Å²) >= 11 is 0. The third-order valence-electron chi connectivity index (χ3n) is 4.07. The van der Waals surface area contributed by atoms with Gasteiger partial charge in [-0.2, -0.15) is 0 Å². The highest BCUT2D eigenvalue weighted by molar-refractivity contribution is 5.93. The van der Waals surface area contributed by atoms with Crippen LogP contribution in [0.25, 0.3) is 0 Å². The third-order valence-corrected chi connectivity index (χ3v) is 4.07. The first-order chi connectivity index (χ1) is 12.1. The van der Waals surface area contributed by atoms with E-state index in [9.17, 15) is 4.79 Å². The molecule has 2 heterocycles. The van der Waals surface area contributed by atoms with Gasteiger partial charge in [0.25, 0.3) is 0 Å². The molecule has 1 saturated heterocycles. The number of hydrogen-bond acceptors (Lipinski definition) is 4. The van der Waals surface area contributed by atoms with Gasteiger partial charge in [-0.1, -0.05) is 18.2 Å². The molecule has 1 aromatic carbocycles. The first-order valence-corrected chi connectivity index (χ1v) is 8.56. The summed E-state index contributed by atoms with van der Waals surface area (Å²) in [6.07, 6.45) is 2.04. The van der Waals surface area contributed by atoms with Crippen LogP contribution in [-0.4, -0.2) is 36.3 Å². The van der Waals surface area contributed by atoms with Crippen LogP contribution in [0.5, 0.6) is 0 Å². The fourth-order valence-electron chi connectivity index (χ4n) is 3.07. The zero-order chi connectivity index (χ0) is 17.6. The van der Waals surface area contributed by atoms with Crippen molar-refractivity contribution >= 4 is 17.4 Å². The number of nitrogens with zero attached hydrogens (tertiary/aromatic N) is 2. The molecule has 0 spiro atoms. The number of anilines is 2. The number of pyridine rings is 1. The number of urea groups is 1. The van der Waals surface area contributed by atoms with Gasteiger partial charge in [0, 0.05) is 19.3 Å². The van der Waals surface area contributed by atoms with Gasteiger partial charge in [-0.25, -0.2) is 4.79 Å². The SMILES string of the molecule is CC1CN(c2ccccc2NC(=O)NCc2ccccn2)CC(C)O1. The number of morpholine rings is 1. The van der Waals surface area contributed by atoms with Crippen LogP contribution in [0.4, 0.5) is 16.2 Å². The van der Waals surface area contributed by atoms with Crippen molar-refractivity contribution in [3.05, 3.63) is 54.4 Å². The molecule has 6 heteroatoms. The second kappa shape index (κ2) is 7.98. The molecule has 2 amide bonds. The monoisotopic (exact) mass is 340 g/mol. The topological polar surface area (TPSA) is 66.5 Å². The van der Waals surface area contributed by atoms with Gasteiger partial charge in [-0.15, -0.1) is 0 Å². The quantitative estimate of drug-likeness (QED) is 0.898. The average Bonchev–Trinajstić information content (AvgIpc) is 2.60. The Morgan fingerprint density at radius 1 is 1.16 bits per heavy atom. The molecular weight excluding hydrogens is 316 g/mol. The van der Waals surface area contributed by atoms with Crippen LogP contribution in [-0.2, 0) is 11.3 Å². The lowest BCUT2D eigenvalue weighted by Gasteiger charge is -2.37. The molecule has 2 unspecified atom stereocenters. The van der Waals surface area contributed by atoms with Crippen molar-refractivity contribution in [1.29, 1.82) is 0 Å². The zero-order valence-electron chi connectivity index (χ0n) is 14.6. The number of ether oxygens (including phenoxy) is 1. The van der Waals surface area contributed by atoms with Gasteiger partial charge in [0.2, 0.25) is 0 Å². The van der Waals surface area contributed by atoms with E-state index in [0.717, 1.165) is 30.2 Å². The number of carbonyl (C=O) groups is 1. The molecule has 1 aliphatic rings. The highest BCUT2D eigenvalue weighted by atomic mass is 16.5. The van der Waals surface area contributed by atoms with E-state index in [1.54, 1.807) is 6.20 Å². The number of carbonyl (C=O) groups excluding carboxylic acids is 1. The number of amides is 2. The molecule has 0 saturated carbocycles. The van der Waals surface area contributed by atoms with Crippen molar-refractivity contribution in [2.24, 2.45) is 0 Å². The predicted octanol–water partition coefficient (Wildman–Crippen LogP) is 3.02. The smallest absolute Gasteiger partial charge is 0.319 e. The van der Waals surface area contributed by atoms with Crippen LogP contribution in [0.3, 0.4) is 0 Å². The molecule has 1 fully saturated rings. The molecule has 25 heavy (non-hydrogen) atoms. The summed E-state index contributed by atoms with van der Waals surface area (Å²) in [5.74, 6) is 0. The van der Waals surface area contributed by atoms with Crippen LogP contribution < -0.4 is 15.5 Å². The second-order valence-corrected chi connectivity index (χ2v) is 6.31. The molecule has 0 bridgehead atoms. The maximum Gasteiger partial charge on any atom is 0.319 e. The molecule has 6 nitrogen and oxygen atoms in total. The summed E-state index contributed by atoms with van der Waals surface area (Å²) in [5, 5.41) is 5.79. The highest BCUT2D eigenvalue weighted by Gasteiger charge is 2.24. The van der Waals surface area contributed by atoms with E-state index in [4.69, 9.17) is 4.74 Å². The van der Waals surface area contributed by atoms with Crippen LogP contribution in [0.2, 0.25) is 0 Å². The fraction of sp³-hybridized carbons (Fsp3) is 0.368. The van der Waals surface area contributed by atoms with Crippen molar-refractivity contribution in [3.63, 3.8) is 0 Å². The molecule has 1 aromatic heterocycles. The normalized spacial score (nSPS) is 20.2. The molecule has 2 N–H and O–H groups in total. The predicted molar refractivity (Wildman–Crippen MR) is 98.8 cm³/mol. The molecular formula is C19H24N4O2. The molecule has 0 aliphatic carbocycles. The highest BCUT2D eigenvalue weighted by Crippen LogP contribution is 2.28. The van der Waals surface area contributed by atoms with E-state index in [1.165, 1.54) is 0 Å². The second-order valence-electron chi connectivity index (χ2n) is 6.31. The third kappa shape index (κ3) is 4.70. The Bertz CT molecular complexity index is 698. The van der Waals surface area contributed by atoms with Crippen LogP contribution in [0.15, 0.2) is 48.7 Å². The number of benzene rings is 1. The Hall–Kier alpha value is -2.60. The van der Waals surface area contributed by atoms with E-state index >= 15 is 0 Å². The summed E-state index contributed by atoms with van der Waals surface area (Å²) in [6, 6.07) is 13.2. The Morgan fingerprint density at radius 2 is 1.88 bits per heavy atom. The van der Waals surface area contributed by atoms with E-state index in [1.807, 2.05) is 42.5 Å². The number of nitrogens with one attached hydrogen (secondary N) is 2. The van der Waals surface area contributed by atoms with Crippen LogP contribution >= 0.6 is 0 Å². The largest absolute Gasteiger partial charge is 0.372 e. The van der Waals surface area contributed by atoms with Crippen molar-refractivity contribution < 1.29 is 9.53 Å². The Labute approximate surface area is 148 Å². The van der Waals surface area contributed by atoms with Gasteiger partial charge < -0.3 is 20.3 Å². The van der Waals surface area contributed by atoms with Crippen molar-refractivity contribution in [2.45, 2.75) is 32.6 Å². The first-order valence-electron chi connectivity index (χ1n) is 8.56. The fourth-order valence-corrected chi connectivity index (χ4v) is 3.07. The Kier molecular flexibility index (Phi) is 5.50. The van der Waals surface area contributed by atoms with Gasteiger partial charge in [0.05, 0.1) is 35.8 Å². The molecule has 3 rings (SSSR count). The minimum Gasteiger partial charge on any atom is -0.372 e. The summed E-state index contributed by atoms with van der Waals surface area (Å²) in [6.45, 7) is 6.13. The van der Waals surface area contributed by atoms with Crippen molar-refractivity contribution in [2.75, 3.05) is 23.3 Å². The maximum absolute atomic E-state index is 12.3. The minimum absolute atomic E-state index is 0.162. The summed E-state index contributed by atoms with van der Waals surface area (Å²) in [7, 11) is 0. The number of hydrogen-bond donors (Lipinski definition) is 2. The summed E-state index contributed by atoms with van der Waals surface area (Å²) < 4.78 is 5.80. The average molecular weight is 340 g/mol. The van der Waals surface area contributed by atoms with E-state index in [-0.39, 0.29) is 18.2 Å². The molecule has 2 atom stereocenters. The molecule has 132 valence electrons. The lowest BCUT2D eigenvalue weighted by Crippen LogP contribution is -2.45. The van der Waals surface area contributed by atoms with Gasteiger partial charge >= 0.3 is 6.03 Å². The van der Waals surface area contributed by atoms with Crippen LogP contribution in [0, 0.1) is 0 Å². The van der Waals surface area contributed by atoms with Gasteiger partial charge in [0.1, 0.15) is 0 Å². The van der Waals surface area contributed by atoms with E-state index in [2.05, 4.69) is 34.4 Å². The number of rotatable bonds is 4. The maximum atomic E-state index is 12.3. The van der Waals surface area contributed by atoms with Gasteiger partial charge in [0.15, 0.2) is 0 Å². The summed E-state index contributed by atoms with van der Waals surface area (Å²) in [5.41, 5.74) is 2.63. The number of aromatic nitrogens is 1.